The number of rotatable bonds is 7. The molecule has 0 heterocycles. The number of amides is 2. The smallest absolute Gasteiger partial charge is 0.243 e. The van der Waals surface area contributed by atoms with Crippen LogP contribution in [-0.2, 0) is 16.0 Å². The topological polar surface area (TPSA) is 49.4 Å². The van der Waals surface area contributed by atoms with E-state index in [-0.39, 0.29) is 17.9 Å². The molecule has 3 rings (SSSR count). The van der Waals surface area contributed by atoms with Crippen molar-refractivity contribution in [3.63, 3.8) is 0 Å². The number of benzene rings is 1. The maximum absolute atomic E-state index is 12.6. The van der Waals surface area contributed by atoms with Crippen LogP contribution >= 0.6 is 0 Å². The van der Waals surface area contributed by atoms with Crippen molar-refractivity contribution in [1.29, 1.82) is 0 Å². The van der Waals surface area contributed by atoms with Crippen LogP contribution < -0.4 is 5.32 Å². The zero-order valence-electron chi connectivity index (χ0n) is 15.7. The fourth-order valence-electron chi connectivity index (χ4n) is 4.17. The van der Waals surface area contributed by atoms with Crippen molar-refractivity contribution in [3.8, 4) is 0 Å². The van der Waals surface area contributed by atoms with Crippen LogP contribution in [0.5, 0.6) is 0 Å². The second kappa shape index (κ2) is 8.52. The predicted molar refractivity (Wildman–Crippen MR) is 104 cm³/mol. The van der Waals surface area contributed by atoms with Crippen LogP contribution in [0.1, 0.15) is 44.1 Å². The van der Waals surface area contributed by atoms with Crippen LogP contribution in [0.2, 0.25) is 0 Å². The minimum Gasteiger partial charge on any atom is -0.350 e. The molecule has 140 valence electrons. The van der Waals surface area contributed by atoms with Gasteiger partial charge in [-0.05, 0) is 62.0 Å². The molecule has 0 radical (unpaired) electrons. The molecule has 2 amide bonds. The Morgan fingerprint density at radius 2 is 1.85 bits per heavy atom. The lowest BCUT2D eigenvalue weighted by molar-refractivity contribution is -0.133. The van der Waals surface area contributed by atoms with Gasteiger partial charge in [0.2, 0.25) is 11.8 Å². The van der Waals surface area contributed by atoms with E-state index in [2.05, 4.69) is 36.2 Å². The van der Waals surface area contributed by atoms with Crippen LogP contribution in [-0.4, -0.2) is 35.8 Å². The molecule has 4 nitrogen and oxygen atoms in total. The molecular weight excluding hydrogens is 324 g/mol. The summed E-state index contributed by atoms with van der Waals surface area (Å²) in [7, 11) is 1.95. The summed E-state index contributed by atoms with van der Waals surface area (Å²) < 4.78 is 0. The van der Waals surface area contributed by atoms with Gasteiger partial charge in [0.05, 0.1) is 0 Å². The zero-order chi connectivity index (χ0) is 18.5. The largest absolute Gasteiger partial charge is 0.350 e. The van der Waals surface area contributed by atoms with Gasteiger partial charge in [-0.15, -0.1) is 0 Å². The summed E-state index contributed by atoms with van der Waals surface area (Å²) in [5.41, 5.74) is 1.38. The number of hydrogen-bond acceptors (Lipinski definition) is 2. The molecule has 0 unspecified atom stereocenters. The second-order valence-corrected chi connectivity index (χ2v) is 7.87. The Labute approximate surface area is 156 Å². The highest BCUT2D eigenvalue weighted by Crippen LogP contribution is 2.44. The lowest BCUT2D eigenvalue weighted by Crippen LogP contribution is -2.44. The number of carbonyl (C=O) groups excluding carboxylic acids is 2. The Hall–Kier alpha value is -2.10. The molecule has 0 aromatic heterocycles. The van der Waals surface area contributed by atoms with E-state index < -0.39 is 0 Å². The molecule has 4 heteroatoms. The SMILES string of the molecule is C=CC(=O)NC1CCC(N(C)C(=O)C[C@@H]2C[C@H]2Cc2ccccc2)CC1. The van der Waals surface area contributed by atoms with Crippen molar-refractivity contribution in [3.05, 3.63) is 48.6 Å². The number of carbonyl (C=O) groups is 2. The highest BCUT2D eigenvalue weighted by molar-refractivity contribution is 5.87. The molecule has 1 aromatic carbocycles. The molecule has 2 aliphatic rings. The van der Waals surface area contributed by atoms with E-state index in [1.807, 2.05) is 18.0 Å². The molecule has 1 aromatic rings. The molecule has 0 saturated heterocycles. The Morgan fingerprint density at radius 1 is 1.15 bits per heavy atom. The minimum absolute atomic E-state index is 0.101. The van der Waals surface area contributed by atoms with Gasteiger partial charge in [-0.2, -0.15) is 0 Å². The molecule has 0 aliphatic heterocycles. The van der Waals surface area contributed by atoms with Gasteiger partial charge in [0.25, 0.3) is 0 Å². The average Bonchev–Trinajstić information content (AvgIpc) is 3.39. The van der Waals surface area contributed by atoms with E-state index in [9.17, 15) is 9.59 Å². The van der Waals surface area contributed by atoms with Crippen LogP contribution in [0.15, 0.2) is 43.0 Å². The average molecular weight is 354 g/mol. The van der Waals surface area contributed by atoms with E-state index in [1.165, 1.54) is 18.1 Å². The highest BCUT2D eigenvalue weighted by atomic mass is 16.2. The van der Waals surface area contributed by atoms with Gasteiger partial charge in [0.1, 0.15) is 0 Å². The van der Waals surface area contributed by atoms with Gasteiger partial charge in [0, 0.05) is 25.6 Å². The summed E-state index contributed by atoms with van der Waals surface area (Å²) in [4.78, 5) is 26.0. The summed E-state index contributed by atoms with van der Waals surface area (Å²) >= 11 is 0. The van der Waals surface area contributed by atoms with Gasteiger partial charge >= 0.3 is 0 Å². The van der Waals surface area contributed by atoms with E-state index >= 15 is 0 Å². The molecule has 2 saturated carbocycles. The Morgan fingerprint density at radius 3 is 2.50 bits per heavy atom. The van der Waals surface area contributed by atoms with Crippen molar-refractivity contribution in [2.24, 2.45) is 11.8 Å². The fraction of sp³-hybridized carbons (Fsp3) is 0.545. The summed E-state index contributed by atoms with van der Waals surface area (Å²) in [5.74, 6) is 1.40. The first-order chi connectivity index (χ1) is 12.6. The van der Waals surface area contributed by atoms with Crippen molar-refractivity contribution < 1.29 is 9.59 Å². The third kappa shape index (κ3) is 4.96. The molecule has 2 fully saturated rings. The second-order valence-electron chi connectivity index (χ2n) is 7.87. The Bertz CT molecular complexity index is 635. The van der Waals surface area contributed by atoms with E-state index in [4.69, 9.17) is 0 Å². The summed E-state index contributed by atoms with van der Waals surface area (Å²) in [6.07, 6.45) is 8.06. The first-order valence-electron chi connectivity index (χ1n) is 9.79. The first-order valence-corrected chi connectivity index (χ1v) is 9.79. The normalized spacial score (nSPS) is 27.4. The summed E-state index contributed by atoms with van der Waals surface area (Å²) in [6, 6.07) is 11.1. The van der Waals surface area contributed by atoms with Crippen molar-refractivity contribution >= 4 is 11.8 Å². The minimum atomic E-state index is -0.101. The van der Waals surface area contributed by atoms with Gasteiger partial charge in [-0.1, -0.05) is 36.9 Å². The Balaban J connectivity index is 1.39. The standard InChI is InChI=1S/C22H30N2O2/c1-3-21(25)23-19-9-11-20(12-10-19)24(2)22(26)15-18-14-17(18)13-16-7-5-4-6-8-16/h3-8,17-20H,1,9-15H2,2H3,(H,23,25)/t17-,18+,19?,20?/m1/s1. The van der Waals surface area contributed by atoms with Crippen molar-refractivity contribution in [1.82, 2.24) is 10.2 Å². The molecule has 2 aliphatic carbocycles. The quantitative estimate of drug-likeness (QED) is 0.764. The molecule has 2 atom stereocenters. The summed E-state index contributed by atoms with van der Waals surface area (Å²) in [5, 5.41) is 2.97. The third-order valence-corrected chi connectivity index (χ3v) is 6.02. The van der Waals surface area contributed by atoms with E-state index in [0.29, 0.717) is 24.3 Å². The highest BCUT2D eigenvalue weighted by Gasteiger charge is 2.39. The van der Waals surface area contributed by atoms with Crippen LogP contribution in [0.4, 0.5) is 0 Å². The van der Waals surface area contributed by atoms with Crippen LogP contribution in [0, 0.1) is 11.8 Å². The van der Waals surface area contributed by atoms with Crippen molar-refractivity contribution in [2.75, 3.05) is 7.05 Å². The van der Waals surface area contributed by atoms with Gasteiger partial charge in [0.15, 0.2) is 0 Å². The number of nitrogens with one attached hydrogen (secondary N) is 1. The molecule has 0 bridgehead atoms. The van der Waals surface area contributed by atoms with Gasteiger partial charge in [-0.3, -0.25) is 9.59 Å². The Kier molecular flexibility index (Phi) is 6.12. The van der Waals surface area contributed by atoms with Crippen molar-refractivity contribution in [2.45, 2.75) is 57.0 Å². The van der Waals surface area contributed by atoms with Crippen LogP contribution in [0.3, 0.4) is 0 Å². The predicted octanol–water partition coefficient (Wildman–Crippen LogP) is 3.33. The van der Waals surface area contributed by atoms with E-state index in [0.717, 1.165) is 32.1 Å². The maximum Gasteiger partial charge on any atom is 0.243 e. The van der Waals surface area contributed by atoms with E-state index in [1.54, 1.807) is 0 Å². The lowest BCUT2D eigenvalue weighted by Gasteiger charge is -2.35. The van der Waals surface area contributed by atoms with Gasteiger partial charge in [-0.25, -0.2) is 0 Å². The molecular formula is C22H30N2O2. The molecule has 0 spiro atoms. The monoisotopic (exact) mass is 354 g/mol. The number of nitrogens with zero attached hydrogens (tertiary/aromatic N) is 1. The lowest BCUT2D eigenvalue weighted by atomic mass is 9.90. The molecule has 1 N–H and O–H groups in total. The molecule has 26 heavy (non-hydrogen) atoms. The maximum atomic E-state index is 12.6. The van der Waals surface area contributed by atoms with Crippen LogP contribution in [0.25, 0.3) is 0 Å². The fourth-order valence-corrected chi connectivity index (χ4v) is 4.17. The first kappa shape index (κ1) is 18.7. The number of hydrogen-bond donors (Lipinski definition) is 1. The van der Waals surface area contributed by atoms with Gasteiger partial charge < -0.3 is 10.2 Å². The zero-order valence-corrected chi connectivity index (χ0v) is 15.7. The third-order valence-electron chi connectivity index (χ3n) is 6.02. The summed E-state index contributed by atoms with van der Waals surface area (Å²) in [6.45, 7) is 3.49.